The van der Waals surface area contributed by atoms with E-state index in [1.54, 1.807) is 31.2 Å². The predicted octanol–water partition coefficient (Wildman–Crippen LogP) is 3.41. The molecule has 364 valence electrons. The lowest BCUT2D eigenvalue weighted by Gasteiger charge is -2.34. The monoisotopic (exact) mass is 929 g/mol. The fourth-order valence-corrected chi connectivity index (χ4v) is 7.76. The van der Waals surface area contributed by atoms with Crippen LogP contribution in [0.2, 0.25) is 0 Å². The van der Waals surface area contributed by atoms with Gasteiger partial charge in [0.15, 0.2) is 0 Å². The SMILES string of the molecule is CC[C@H](C)[C@@H]1NC(=O)[C@H](NC(=O)NC(Cc2ccc(O)cc2)C(=O)O)CCCCNC(=O)[C@H]([C@@H](C)CC)NC(=O)[C@H](CCc2ccc(O)cc2)N(C)C(=O)[C@H](CCc2ccc(O)cc2)NC1=O. The largest absolute Gasteiger partial charge is 0.508 e. The molecule has 8 atom stereocenters. The first-order valence-electron chi connectivity index (χ1n) is 23.0. The van der Waals surface area contributed by atoms with E-state index in [1.807, 2.05) is 20.8 Å². The maximum atomic E-state index is 14.8. The summed E-state index contributed by atoms with van der Waals surface area (Å²) in [5.41, 5.74) is 2.04. The van der Waals surface area contributed by atoms with Gasteiger partial charge in [0, 0.05) is 20.0 Å². The Labute approximate surface area is 391 Å². The average Bonchev–Trinajstić information content (AvgIpc) is 3.30. The molecule has 3 aromatic carbocycles. The van der Waals surface area contributed by atoms with Gasteiger partial charge >= 0.3 is 12.0 Å². The number of likely N-dealkylation sites (N-methyl/N-ethyl adjacent to an activating group) is 1. The first-order valence-corrected chi connectivity index (χ1v) is 23.0. The van der Waals surface area contributed by atoms with E-state index in [0.29, 0.717) is 31.2 Å². The van der Waals surface area contributed by atoms with E-state index in [2.05, 4.69) is 31.9 Å². The van der Waals surface area contributed by atoms with Crippen LogP contribution in [0.3, 0.4) is 0 Å². The molecule has 1 heterocycles. The van der Waals surface area contributed by atoms with Crippen LogP contribution in [0.1, 0.15) is 89.3 Å². The molecule has 67 heavy (non-hydrogen) atoms. The Morgan fingerprint density at radius 1 is 0.672 bits per heavy atom. The molecule has 1 aliphatic rings. The number of nitrogens with zero attached hydrogens (tertiary/aromatic N) is 1. The lowest BCUT2D eigenvalue weighted by molar-refractivity contribution is -0.143. The summed E-state index contributed by atoms with van der Waals surface area (Å²) in [4.78, 5) is 98.7. The number of carboxylic acids is 1. The smallest absolute Gasteiger partial charge is 0.326 e. The van der Waals surface area contributed by atoms with Gasteiger partial charge in [0.1, 0.15) is 53.5 Å². The zero-order valence-electron chi connectivity index (χ0n) is 38.9. The fourth-order valence-electron chi connectivity index (χ4n) is 7.76. The molecule has 18 heteroatoms. The molecule has 0 spiro atoms. The van der Waals surface area contributed by atoms with Gasteiger partial charge in [-0.2, -0.15) is 0 Å². The maximum absolute atomic E-state index is 14.8. The molecule has 10 N–H and O–H groups in total. The number of phenolic OH excluding ortho intramolecular Hbond substituents is 3. The highest BCUT2D eigenvalue weighted by Crippen LogP contribution is 2.20. The van der Waals surface area contributed by atoms with E-state index < -0.39 is 83.7 Å². The van der Waals surface area contributed by atoms with Crippen LogP contribution in [0.15, 0.2) is 72.8 Å². The molecule has 3 aromatic rings. The molecule has 0 saturated carbocycles. The van der Waals surface area contributed by atoms with Crippen LogP contribution >= 0.6 is 0 Å². The van der Waals surface area contributed by atoms with Crippen LogP contribution < -0.4 is 31.9 Å². The van der Waals surface area contributed by atoms with Gasteiger partial charge in [0.25, 0.3) is 0 Å². The van der Waals surface area contributed by atoms with Gasteiger partial charge in [-0.25, -0.2) is 9.59 Å². The van der Waals surface area contributed by atoms with Crippen molar-refractivity contribution in [3.05, 3.63) is 89.5 Å². The maximum Gasteiger partial charge on any atom is 0.326 e. The number of hydrogen-bond donors (Lipinski definition) is 10. The first-order chi connectivity index (χ1) is 31.9. The molecule has 4 rings (SSSR count). The molecule has 0 bridgehead atoms. The van der Waals surface area contributed by atoms with Gasteiger partial charge in [-0.05, 0) is 110 Å². The number of aliphatic carboxylic acids is 1. The van der Waals surface area contributed by atoms with E-state index in [1.165, 1.54) is 60.5 Å². The number of hydrogen-bond acceptors (Lipinski definition) is 10. The second-order valence-electron chi connectivity index (χ2n) is 17.4. The highest BCUT2D eigenvalue weighted by Gasteiger charge is 2.37. The summed E-state index contributed by atoms with van der Waals surface area (Å²) in [6.07, 6.45) is 2.18. The van der Waals surface area contributed by atoms with Crippen LogP contribution in [0.5, 0.6) is 17.2 Å². The van der Waals surface area contributed by atoms with E-state index in [0.717, 1.165) is 11.1 Å². The van der Waals surface area contributed by atoms with Gasteiger partial charge in [-0.15, -0.1) is 0 Å². The van der Waals surface area contributed by atoms with Crippen molar-refractivity contribution in [2.24, 2.45) is 11.8 Å². The van der Waals surface area contributed by atoms with Crippen LogP contribution in [-0.2, 0) is 48.0 Å². The molecule has 7 amide bonds. The van der Waals surface area contributed by atoms with Gasteiger partial charge in [-0.1, -0.05) is 76.9 Å². The summed E-state index contributed by atoms with van der Waals surface area (Å²) in [5, 5.41) is 55.8. The Morgan fingerprint density at radius 3 is 1.69 bits per heavy atom. The Morgan fingerprint density at radius 2 is 1.16 bits per heavy atom. The number of urea groups is 1. The number of aryl methyl sites for hydroxylation is 2. The average molecular weight is 930 g/mol. The summed E-state index contributed by atoms with van der Waals surface area (Å²) in [5.74, 6) is -5.17. The van der Waals surface area contributed by atoms with Gasteiger partial charge in [0.05, 0.1) is 0 Å². The third-order valence-corrected chi connectivity index (χ3v) is 12.4. The number of rotatable bonds is 15. The third kappa shape index (κ3) is 16.2. The Balaban J connectivity index is 1.71. The third-order valence-electron chi connectivity index (χ3n) is 12.4. The number of carboxylic acid groups (broad SMARTS) is 1. The number of aromatic hydroxyl groups is 3. The topological polar surface area (TPSA) is 276 Å². The van der Waals surface area contributed by atoms with E-state index in [9.17, 15) is 54.0 Å². The molecule has 0 aromatic heterocycles. The van der Waals surface area contributed by atoms with Crippen molar-refractivity contribution in [2.75, 3.05) is 13.6 Å². The van der Waals surface area contributed by atoms with Crippen molar-refractivity contribution >= 4 is 41.5 Å². The normalized spacial score (nSPS) is 21.7. The zero-order valence-corrected chi connectivity index (χ0v) is 38.9. The van der Waals surface area contributed by atoms with Gasteiger partial charge in [-0.3, -0.25) is 24.0 Å². The second-order valence-corrected chi connectivity index (χ2v) is 17.4. The molecule has 18 nitrogen and oxygen atoms in total. The lowest BCUT2D eigenvalue weighted by Crippen LogP contribution is -2.61. The van der Waals surface area contributed by atoms with Crippen molar-refractivity contribution < 1.29 is 54.0 Å². The van der Waals surface area contributed by atoms with Crippen LogP contribution in [-0.4, -0.2) is 117 Å². The van der Waals surface area contributed by atoms with Crippen molar-refractivity contribution in [3.63, 3.8) is 0 Å². The highest BCUT2D eigenvalue weighted by atomic mass is 16.4. The van der Waals surface area contributed by atoms with Crippen molar-refractivity contribution in [1.82, 2.24) is 36.8 Å². The minimum Gasteiger partial charge on any atom is -0.508 e. The summed E-state index contributed by atoms with van der Waals surface area (Å²) in [6.45, 7) is 7.41. The lowest BCUT2D eigenvalue weighted by atomic mass is 9.95. The molecule has 1 saturated heterocycles. The molecule has 1 aliphatic heterocycles. The predicted molar refractivity (Wildman–Crippen MR) is 250 cm³/mol. The van der Waals surface area contributed by atoms with Crippen LogP contribution in [0, 0.1) is 11.8 Å². The Hall–Kier alpha value is -6.85. The van der Waals surface area contributed by atoms with E-state index in [-0.39, 0.29) is 68.2 Å². The minimum absolute atomic E-state index is 0.0182. The molecule has 1 unspecified atom stereocenters. The van der Waals surface area contributed by atoms with E-state index >= 15 is 0 Å². The highest BCUT2D eigenvalue weighted by molar-refractivity contribution is 5.96. The van der Waals surface area contributed by atoms with Crippen molar-refractivity contribution in [2.45, 2.75) is 128 Å². The zero-order chi connectivity index (χ0) is 49.2. The standard InChI is InChI=1S/C49H67N7O11/c1-6-29(3)41-45(62)50-27-9-8-10-37(52-49(67)53-39(48(65)66)28-33-15-23-36(59)24-16-33)43(60)54-42(30(4)7-2)46(63)51-38(25-17-31-11-19-34(57)20-12-31)47(64)56(5)40(44(61)55-41)26-18-32-13-21-35(58)22-14-32/h11-16,19-24,29-30,37-42,57-59H,6-10,17-18,25-28H2,1-5H3,(H,50,62)(H,51,63)(H,54,60)(H,55,61)(H,65,66)(H2,52,53,67)/t29-,30-,37+,38-,39?,40-,41-,42-/m0/s1. The number of nitrogens with one attached hydrogen (secondary N) is 6. The number of carbonyl (C=O) groups excluding carboxylic acids is 6. The summed E-state index contributed by atoms with van der Waals surface area (Å²) < 4.78 is 0. The quantitative estimate of drug-likeness (QED) is 0.106. The number of phenols is 3. The number of amides is 7. The Kier molecular flexibility index (Phi) is 20.3. The molecule has 0 aliphatic carbocycles. The fraction of sp³-hybridized carbons (Fsp3) is 0.490. The first kappa shape index (κ1) is 52.8. The molecular weight excluding hydrogens is 863 g/mol. The summed E-state index contributed by atoms with van der Waals surface area (Å²) in [7, 11) is 1.46. The molecule has 0 radical (unpaired) electrons. The number of benzene rings is 3. The number of carbonyl (C=O) groups is 7. The van der Waals surface area contributed by atoms with Crippen LogP contribution in [0.25, 0.3) is 0 Å². The van der Waals surface area contributed by atoms with Crippen molar-refractivity contribution in [3.8, 4) is 17.2 Å². The second kappa shape index (κ2) is 25.7. The molecule has 1 fully saturated rings. The van der Waals surface area contributed by atoms with E-state index in [4.69, 9.17) is 0 Å². The van der Waals surface area contributed by atoms with Gasteiger partial charge in [0.2, 0.25) is 29.5 Å². The van der Waals surface area contributed by atoms with Gasteiger partial charge < -0.3 is 57.2 Å². The minimum atomic E-state index is -1.41. The van der Waals surface area contributed by atoms with Crippen molar-refractivity contribution in [1.29, 1.82) is 0 Å². The Bertz CT molecular complexity index is 2140. The molecular formula is C49H67N7O11. The van der Waals surface area contributed by atoms with Crippen LogP contribution in [0.4, 0.5) is 4.79 Å². The summed E-state index contributed by atoms with van der Waals surface area (Å²) >= 11 is 0. The summed E-state index contributed by atoms with van der Waals surface area (Å²) in [6, 6.07) is 10.4.